The van der Waals surface area contributed by atoms with Gasteiger partial charge in [-0.15, -0.1) is 0 Å². The summed E-state index contributed by atoms with van der Waals surface area (Å²) in [5.74, 6) is -0.983. The highest BCUT2D eigenvalue weighted by atomic mass is 79.9. The van der Waals surface area contributed by atoms with Crippen LogP contribution in [0.5, 0.6) is 0 Å². The molecule has 0 spiro atoms. The number of carbonyl (C=O) groups is 1. The van der Waals surface area contributed by atoms with Gasteiger partial charge in [0.1, 0.15) is 0 Å². The fourth-order valence-corrected chi connectivity index (χ4v) is 2.96. The Morgan fingerprint density at radius 1 is 1.14 bits per heavy atom. The van der Waals surface area contributed by atoms with Crippen molar-refractivity contribution in [2.75, 3.05) is 0 Å². The lowest BCUT2D eigenvalue weighted by atomic mass is 10.0. The van der Waals surface area contributed by atoms with Crippen molar-refractivity contribution in [3.8, 4) is 11.3 Å². The SMILES string of the molecule is O=C(O)c1cc(-c2ccc(Br)cc2Cl)nc2ccccc12. The average molecular weight is 363 g/mol. The number of aromatic carboxylic acids is 1. The zero-order chi connectivity index (χ0) is 15.0. The fourth-order valence-electron chi connectivity index (χ4n) is 2.19. The fraction of sp³-hybridized carbons (Fsp3) is 0. The number of carboxylic acid groups (broad SMARTS) is 1. The number of halogens is 2. The summed E-state index contributed by atoms with van der Waals surface area (Å²) in [6.07, 6.45) is 0. The number of hydrogen-bond acceptors (Lipinski definition) is 2. The van der Waals surface area contributed by atoms with E-state index in [2.05, 4.69) is 20.9 Å². The third kappa shape index (κ3) is 2.64. The molecular formula is C16H9BrClNO2. The van der Waals surface area contributed by atoms with Crippen molar-refractivity contribution < 1.29 is 9.90 Å². The van der Waals surface area contributed by atoms with Gasteiger partial charge in [0, 0.05) is 15.4 Å². The van der Waals surface area contributed by atoms with Gasteiger partial charge in [-0.1, -0.05) is 51.8 Å². The first-order chi connectivity index (χ1) is 10.1. The van der Waals surface area contributed by atoms with Crippen molar-refractivity contribution >= 4 is 44.4 Å². The summed E-state index contributed by atoms with van der Waals surface area (Å²) in [5, 5.41) is 10.5. The Hall–Kier alpha value is -1.91. The van der Waals surface area contributed by atoms with E-state index in [0.717, 1.165) is 4.47 Å². The molecule has 21 heavy (non-hydrogen) atoms. The number of pyridine rings is 1. The van der Waals surface area contributed by atoms with Gasteiger partial charge in [-0.3, -0.25) is 0 Å². The summed E-state index contributed by atoms with van der Waals surface area (Å²) in [5.41, 5.74) is 2.10. The minimum Gasteiger partial charge on any atom is -0.478 e. The van der Waals surface area contributed by atoms with E-state index in [1.165, 1.54) is 0 Å². The maximum atomic E-state index is 11.5. The number of aromatic nitrogens is 1. The van der Waals surface area contributed by atoms with Crippen molar-refractivity contribution in [2.45, 2.75) is 0 Å². The molecule has 2 aromatic carbocycles. The van der Waals surface area contributed by atoms with E-state index in [0.29, 0.717) is 27.2 Å². The van der Waals surface area contributed by atoms with Crippen LogP contribution in [0.3, 0.4) is 0 Å². The van der Waals surface area contributed by atoms with E-state index in [1.807, 2.05) is 18.2 Å². The minimum atomic E-state index is -0.983. The van der Waals surface area contributed by atoms with Gasteiger partial charge in [-0.2, -0.15) is 0 Å². The molecule has 5 heteroatoms. The third-order valence-corrected chi connectivity index (χ3v) is 3.96. The smallest absolute Gasteiger partial charge is 0.336 e. The molecule has 1 aromatic heterocycles. The van der Waals surface area contributed by atoms with E-state index < -0.39 is 5.97 Å². The molecule has 0 aliphatic carbocycles. The van der Waals surface area contributed by atoms with Gasteiger partial charge in [-0.05, 0) is 24.3 Å². The maximum absolute atomic E-state index is 11.5. The molecule has 0 atom stereocenters. The van der Waals surface area contributed by atoms with E-state index >= 15 is 0 Å². The molecule has 3 aromatic rings. The zero-order valence-corrected chi connectivity index (χ0v) is 13.0. The standard InChI is InChI=1S/C16H9BrClNO2/c17-9-5-6-11(13(18)7-9)15-8-12(16(20)21)10-3-1-2-4-14(10)19-15/h1-8H,(H,20,21). The molecule has 0 fully saturated rings. The quantitative estimate of drug-likeness (QED) is 0.696. The Balaban J connectivity index is 2.31. The van der Waals surface area contributed by atoms with Crippen LogP contribution < -0.4 is 0 Å². The largest absolute Gasteiger partial charge is 0.478 e. The third-order valence-electron chi connectivity index (χ3n) is 3.15. The van der Waals surface area contributed by atoms with Crippen molar-refractivity contribution in [3.05, 3.63) is 63.6 Å². The molecule has 0 bridgehead atoms. The number of para-hydroxylation sites is 1. The summed E-state index contributed by atoms with van der Waals surface area (Å²) in [7, 11) is 0. The number of fused-ring (bicyclic) bond motifs is 1. The van der Waals surface area contributed by atoms with Crippen LogP contribution in [0, 0.1) is 0 Å². The van der Waals surface area contributed by atoms with Crippen LogP contribution in [0.2, 0.25) is 5.02 Å². The van der Waals surface area contributed by atoms with Gasteiger partial charge in [0.05, 0.1) is 21.8 Å². The van der Waals surface area contributed by atoms with Gasteiger partial charge in [-0.25, -0.2) is 9.78 Å². The molecule has 3 rings (SSSR count). The minimum absolute atomic E-state index is 0.217. The maximum Gasteiger partial charge on any atom is 0.336 e. The zero-order valence-electron chi connectivity index (χ0n) is 10.7. The second-order valence-electron chi connectivity index (χ2n) is 4.50. The molecule has 0 amide bonds. The molecule has 1 heterocycles. The lowest BCUT2D eigenvalue weighted by Crippen LogP contribution is -2.00. The van der Waals surface area contributed by atoms with Crippen LogP contribution in [0.4, 0.5) is 0 Å². The Morgan fingerprint density at radius 2 is 1.90 bits per heavy atom. The van der Waals surface area contributed by atoms with Crippen molar-refractivity contribution in [2.24, 2.45) is 0 Å². The van der Waals surface area contributed by atoms with Gasteiger partial charge in [0.15, 0.2) is 0 Å². The number of carboxylic acids is 1. The molecule has 104 valence electrons. The molecule has 0 aliphatic heterocycles. The van der Waals surface area contributed by atoms with Crippen LogP contribution in [0.15, 0.2) is 53.0 Å². The van der Waals surface area contributed by atoms with Crippen LogP contribution in [0.25, 0.3) is 22.2 Å². The molecule has 0 saturated heterocycles. The molecule has 0 saturated carbocycles. The molecular weight excluding hydrogens is 354 g/mol. The number of hydrogen-bond donors (Lipinski definition) is 1. The Kier molecular flexibility index (Phi) is 3.66. The predicted octanol–water partition coefficient (Wildman–Crippen LogP) is 5.02. The van der Waals surface area contributed by atoms with Crippen molar-refractivity contribution in [1.82, 2.24) is 4.98 Å². The predicted molar refractivity (Wildman–Crippen MR) is 86.8 cm³/mol. The Bertz CT molecular complexity index is 864. The summed E-state index contributed by atoms with van der Waals surface area (Å²) in [4.78, 5) is 16.0. The van der Waals surface area contributed by atoms with Crippen molar-refractivity contribution in [3.63, 3.8) is 0 Å². The lowest BCUT2D eigenvalue weighted by molar-refractivity contribution is 0.0699. The van der Waals surface area contributed by atoms with Gasteiger partial charge in [0.2, 0.25) is 0 Å². The molecule has 0 aliphatic rings. The normalized spacial score (nSPS) is 10.8. The monoisotopic (exact) mass is 361 g/mol. The van der Waals surface area contributed by atoms with Crippen LogP contribution >= 0.6 is 27.5 Å². The van der Waals surface area contributed by atoms with Gasteiger partial charge in [0.25, 0.3) is 0 Å². The highest BCUT2D eigenvalue weighted by Gasteiger charge is 2.14. The van der Waals surface area contributed by atoms with Gasteiger partial charge < -0.3 is 5.11 Å². The summed E-state index contributed by atoms with van der Waals surface area (Å²) in [6, 6.07) is 14.1. The first kappa shape index (κ1) is 14.0. The number of nitrogens with zero attached hydrogens (tertiary/aromatic N) is 1. The molecule has 0 unspecified atom stereocenters. The highest BCUT2D eigenvalue weighted by Crippen LogP contribution is 2.31. The van der Waals surface area contributed by atoms with E-state index in [-0.39, 0.29) is 5.56 Å². The molecule has 0 radical (unpaired) electrons. The second-order valence-corrected chi connectivity index (χ2v) is 5.82. The van der Waals surface area contributed by atoms with E-state index in [4.69, 9.17) is 11.6 Å². The summed E-state index contributed by atoms with van der Waals surface area (Å²) >= 11 is 9.58. The lowest BCUT2D eigenvalue weighted by Gasteiger charge is -2.08. The second kappa shape index (κ2) is 5.47. The van der Waals surface area contributed by atoms with Crippen LogP contribution in [-0.2, 0) is 0 Å². The molecule has 1 N–H and O–H groups in total. The first-order valence-electron chi connectivity index (χ1n) is 6.15. The average Bonchev–Trinajstić information content (AvgIpc) is 2.46. The van der Waals surface area contributed by atoms with E-state index in [1.54, 1.807) is 30.3 Å². The summed E-state index contributed by atoms with van der Waals surface area (Å²) in [6.45, 7) is 0. The first-order valence-corrected chi connectivity index (χ1v) is 7.32. The number of benzene rings is 2. The Morgan fingerprint density at radius 3 is 2.62 bits per heavy atom. The van der Waals surface area contributed by atoms with Crippen LogP contribution in [0.1, 0.15) is 10.4 Å². The topological polar surface area (TPSA) is 50.2 Å². The molecule has 3 nitrogen and oxygen atoms in total. The van der Waals surface area contributed by atoms with Crippen molar-refractivity contribution in [1.29, 1.82) is 0 Å². The van der Waals surface area contributed by atoms with Crippen LogP contribution in [-0.4, -0.2) is 16.1 Å². The highest BCUT2D eigenvalue weighted by molar-refractivity contribution is 9.10. The van der Waals surface area contributed by atoms with Gasteiger partial charge >= 0.3 is 5.97 Å². The number of rotatable bonds is 2. The Labute approximate surface area is 134 Å². The summed E-state index contributed by atoms with van der Waals surface area (Å²) < 4.78 is 0.857. The van der Waals surface area contributed by atoms with E-state index in [9.17, 15) is 9.90 Å².